The lowest BCUT2D eigenvalue weighted by molar-refractivity contribution is 0.243. The van der Waals surface area contributed by atoms with Crippen molar-refractivity contribution in [1.29, 1.82) is 0 Å². The van der Waals surface area contributed by atoms with Crippen molar-refractivity contribution in [2.75, 3.05) is 13.6 Å². The van der Waals surface area contributed by atoms with E-state index in [1.165, 1.54) is 5.56 Å². The summed E-state index contributed by atoms with van der Waals surface area (Å²) in [6.45, 7) is 0.654. The van der Waals surface area contributed by atoms with Gasteiger partial charge in [-0.05, 0) is 24.1 Å². The molecule has 0 saturated heterocycles. The number of amides is 2. The Morgan fingerprint density at radius 2 is 2.00 bits per heavy atom. The Hall–Kier alpha value is -1.03. The first-order valence-corrected chi connectivity index (χ1v) is 5.21. The monoisotopic (exact) mass is 256 g/mol. The van der Waals surface area contributed by atoms with Gasteiger partial charge >= 0.3 is 6.03 Å². The highest BCUT2D eigenvalue weighted by Gasteiger charge is 1.96. The third kappa shape index (κ3) is 3.79. The lowest BCUT2D eigenvalue weighted by atomic mass is 10.1. The predicted molar refractivity (Wildman–Crippen MR) is 60.3 cm³/mol. The molecular formula is C10H13BrN2O. The average Bonchev–Trinajstić information content (AvgIpc) is 2.21. The molecule has 1 aromatic rings. The van der Waals surface area contributed by atoms with E-state index in [-0.39, 0.29) is 6.03 Å². The molecule has 2 N–H and O–H groups in total. The van der Waals surface area contributed by atoms with Gasteiger partial charge in [0.25, 0.3) is 0 Å². The molecule has 0 aliphatic heterocycles. The van der Waals surface area contributed by atoms with E-state index in [9.17, 15) is 4.79 Å². The van der Waals surface area contributed by atoms with Crippen LogP contribution in [-0.4, -0.2) is 19.6 Å². The maximum Gasteiger partial charge on any atom is 0.314 e. The lowest BCUT2D eigenvalue weighted by Gasteiger charge is -2.04. The van der Waals surface area contributed by atoms with E-state index in [1.807, 2.05) is 24.3 Å². The van der Waals surface area contributed by atoms with Crippen molar-refractivity contribution in [3.05, 3.63) is 34.3 Å². The number of benzene rings is 1. The van der Waals surface area contributed by atoms with Gasteiger partial charge in [-0.15, -0.1) is 0 Å². The van der Waals surface area contributed by atoms with Crippen LogP contribution in [0.3, 0.4) is 0 Å². The molecule has 1 rings (SSSR count). The Labute approximate surface area is 92.0 Å². The molecule has 1 aromatic carbocycles. The van der Waals surface area contributed by atoms with Crippen LogP contribution < -0.4 is 10.6 Å². The molecule has 0 spiro atoms. The molecule has 76 valence electrons. The third-order valence-electron chi connectivity index (χ3n) is 1.84. The third-order valence-corrected chi connectivity index (χ3v) is 2.37. The van der Waals surface area contributed by atoms with Crippen molar-refractivity contribution >= 4 is 22.0 Å². The maximum absolute atomic E-state index is 10.8. The largest absolute Gasteiger partial charge is 0.341 e. The highest BCUT2D eigenvalue weighted by molar-refractivity contribution is 9.10. The minimum Gasteiger partial charge on any atom is -0.341 e. The Morgan fingerprint density at radius 3 is 2.57 bits per heavy atom. The molecule has 14 heavy (non-hydrogen) atoms. The van der Waals surface area contributed by atoms with Crippen LogP contribution in [0.4, 0.5) is 4.79 Å². The number of carbonyl (C=O) groups excluding carboxylic acids is 1. The second-order valence-corrected chi connectivity index (χ2v) is 3.80. The van der Waals surface area contributed by atoms with Crippen LogP contribution in [0.1, 0.15) is 5.56 Å². The topological polar surface area (TPSA) is 41.1 Å². The van der Waals surface area contributed by atoms with Crippen LogP contribution in [0, 0.1) is 0 Å². The second-order valence-electron chi connectivity index (χ2n) is 2.88. The fraction of sp³-hybridized carbons (Fsp3) is 0.300. The van der Waals surface area contributed by atoms with Gasteiger partial charge in [0, 0.05) is 18.1 Å². The zero-order valence-corrected chi connectivity index (χ0v) is 9.60. The summed E-state index contributed by atoms with van der Waals surface area (Å²) in [7, 11) is 1.61. The fourth-order valence-electron chi connectivity index (χ4n) is 1.06. The van der Waals surface area contributed by atoms with Gasteiger partial charge in [0.1, 0.15) is 0 Å². The Kier molecular flexibility index (Phi) is 4.46. The maximum atomic E-state index is 10.8. The summed E-state index contributed by atoms with van der Waals surface area (Å²) in [6.07, 6.45) is 0.848. The number of rotatable bonds is 3. The molecule has 0 aliphatic carbocycles. The summed E-state index contributed by atoms with van der Waals surface area (Å²) < 4.78 is 1.07. The van der Waals surface area contributed by atoms with E-state index >= 15 is 0 Å². The standard InChI is InChI=1S/C10H13BrN2O/c1-12-10(14)13-7-6-8-2-4-9(11)5-3-8/h2-5H,6-7H2,1H3,(H2,12,13,14). The van der Waals surface area contributed by atoms with E-state index in [2.05, 4.69) is 26.6 Å². The van der Waals surface area contributed by atoms with Gasteiger partial charge in [0.15, 0.2) is 0 Å². The highest BCUT2D eigenvalue weighted by Crippen LogP contribution is 2.10. The van der Waals surface area contributed by atoms with Gasteiger partial charge < -0.3 is 10.6 Å². The first-order chi connectivity index (χ1) is 6.72. The molecule has 0 bridgehead atoms. The summed E-state index contributed by atoms with van der Waals surface area (Å²) in [6, 6.07) is 7.93. The second kappa shape index (κ2) is 5.65. The number of hydrogen-bond acceptors (Lipinski definition) is 1. The number of nitrogens with one attached hydrogen (secondary N) is 2. The fourth-order valence-corrected chi connectivity index (χ4v) is 1.32. The molecule has 4 heteroatoms. The van der Waals surface area contributed by atoms with Crippen LogP contribution in [0.25, 0.3) is 0 Å². The number of carbonyl (C=O) groups is 1. The molecule has 0 aliphatic rings. The van der Waals surface area contributed by atoms with Gasteiger partial charge in [0.05, 0.1) is 0 Å². The van der Waals surface area contributed by atoms with Gasteiger partial charge in [-0.25, -0.2) is 4.79 Å². The van der Waals surface area contributed by atoms with Crippen molar-refractivity contribution in [2.45, 2.75) is 6.42 Å². The van der Waals surface area contributed by atoms with Crippen molar-refractivity contribution in [3.63, 3.8) is 0 Å². The summed E-state index contributed by atoms with van der Waals surface area (Å²) in [5, 5.41) is 5.24. The van der Waals surface area contributed by atoms with Gasteiger partial charge in [-0.3, -0.25) is 0 Å². The van der Waals surface area contributed by atoms with E-state index < -0.39 is 0 Å². The molecule has 0 fully saturated rings. The smallest absolute Gasteiger partial charge is 0.314 e. The van der Waals surface area contributed by atoms with Crippen molar-refractivity contribution in [3.8, 4) is 0 Å². The molecule has 0 radical (unpaired) electrons. The van der Waals surface area contributed by atoms with Gasteiger partial charge in [-0.2, -0.15) is 0 Å². The van der Waals surface area contributed by atoms with Crippen LogP contribution in [0.15, 0.2) is 28.7 Å². The van der Waals surface area contributed by atoms with Crippen molar-refractivity contribution in [2.24, 2.45) is 0 Å². The molecule has 0 unspecified atom stereocenters. The summed E-state index contributed by atoms with van der Waals surface area (Å²) >= 11 is 3.37. The summed E-state index contributed by atoms with van der Waals surface area (Å²) in [5.74, 6) is 0. The van der Waals surface area contributed by atoms with Crippen molar-refractivity contribution in [1.82, 2.24) is 10.6 Å². The minimum absolute atomic E-state index is 0.137. The zero-order valence-electron chi connectivity index (χ0n) is 8.01. The van der Waals surface area contributed by atoms with E-state index in [1.54, 1.807) is 7.05 Å². The molecule has 3 nitrogen and oxygen atoms in total. The number of urea groups is 1. The summed E-state index contributed by atoms with van der Waals surface area (Å²) in [5.41, 5.74) is 1.21. The Balaban J connectivity index is 2.31. The predicted octanol–water partition coefficient (Wildman–Crippen LogP) is 1.92. The molecular weight excluding hydrogens is 244 g/mol. The first kappa shape index (κ1) is 11.0. The van der Waals surface area contributed by atoms with E-state index in [0.29, 0.717) is 6.54 Å². The molecule has 0 aromatic heterocycles. The Bertz CT molecular complexity index is 297. The molecule has 0 saturated carbocycles. The average molecular weight is 257 g/mol. The normalized spacial score (nSPS) is 9.57. The number of halogens is 1. The minimum atomic E-state index is -0.137. The summed E-state index contributed by atoms with van der Waals surface area (Å²) in [4.78, 5) is 10.8. The lowest BCUT2D eigenvalue weighted by Crippen LogP contribution is -2.33. The molecule has 2 amide bonds. The van der Waals surface area contributed by atoms with Crippen LogP contribution in [0.5, 0.6) is 0 Å². The first-order valence-electron chi connectivity index (χ1n) is 4.42. The Morgan fingerprint density at radius 1 is 1.36 bits per heavy atom. The van der Waals surface area contributed by atoms with Crippen LogP contribution in [-0.2, 0) is 6.42 Å². The van der Waals surface area contributed by atoms with E-state index in [4.69, 9.17) is 0 Å². The molecule has 0 atom stereocenters. The van der Waals surface area contributed by atoms with E-state index in [0.717, 1.165) is 10.9 Å². The van der Waals surface area contributed by atoms with Crippen LogP contribution >= 0.6 is 15.9 Å². The van der Waals surface area contributed by atoms with Crippen molar-refractivity contribution < 1.29 is 4.79 Å². The SMILES string of the molecule is CNC(=O)NCCc1ccc(Br)cc1. The van der Waals surface area contributed by atoms with Crippen LogP contribution in [0.2, 0.25) is 0 Å². The van der Waals surface area contributed by atoms with Gasteiger partial charge in [0.2, 0.25) is 0 Å². The highest BCUT2D eigenvalue weighted by atomic mass is 79.9. The molecule has 0 heterocycles. The quantitative estimate of drug-likeness (QED) is 0.853. The zero-order chi connectivity index (χ0) is 10.4. The number of hydrogen-bond donors (Lipinski definition) is 2. The van der Waals surface area contributed by atoms with Gasteiger partial charge in [-0.1, -0.05) is 28.1 Å².